The van der Waals surface area contributed by atoms with E-state index in [0.717, 1.165) is 16.8 Å². The average molecular weight is 358 g/mol. The van der Waals surface area contributed by atoms with Crippen molar-refractivity contribution < 1.29 is 4.74 Å². The molecule has 2 nitrogen and oxygen atoms in total. The zero-order valence-electron chi connectivity index (χ0n) is 12.6. The van der Waals surface area contributed by atoms with Gasteiger partial charge in [0, 0.05) is 22.9 Å². The Morgan fingerprint density at radius 3 is 2.85 bits per heavy atom. The van der Waals surface area contributed by atoms with Crippen molar-refractivity contribution in [3.05, 3.63) is 16.6 Å². The topological polar surface area (TPSA) is 21.3 Å². The Hall–Kier alpha value is -0.350. The quantitative estimate of drug-likeness (QED) is 0.744. The second-order valence-electron chi connectivity index (χ2n) is 5.58. The van der Waals surface area contributed by atoms with Crippen LogP contribution in [-0.4, -0.2) is 19.4 Å². The summed E-state index contributed by atoms with van der Waals surface area (Å²) in [6, 6.07) is 4.29. The van der Waals surface area contributed by atoms with Crippen molar-refractivity contribution in [2.45, 2.75) is 44.4 Å². The van der Waals surface area contributed by atoms with E-state index in [1.54, 1.807) is 7.11 Å². The lowest BCUT2D eigenvalue weighted by atomic mass is 9.82. The Kier molecular flexibility index (Phi) is 5.67. The summed E-state index contributed by atoms with van der Waals surface area (Å²) in [5.74, 6) is 2.10. The van der Waals surface area contributed by atoms with Gasteiger partial charge in [-0.05, 0) is 46.3 Å². The number of fused-ring (bicyclic) bond motifs is 1. The predicted octanol–water partition coefficient (Wildman–Crippen LogP) is 5.56. The Morgan fingerprint density at radius 2 is 2.20 bits per heavy atom. The molecular weight excluding hydrogens is 334 g/mol. The highest BCUT2D eigenvalue weighted by molar-refractivity contribution is 9.10. The minimum atomic E-state index is 0.416. The third-order valence-electron chi connectivity index (χ3n) is 4.25. The molecule has 112 valence electrons. The fourth-order valence-electron chi connectivity index (χ4n) is 2.63. The maximum atomic E-state index is 5.41. The molecule has 0 fully saturated rings. The predicted molar refractivity (Wildman–Crippen MR) is 92.2 cm³/mol. The van der Waals surface area contributed by atoms with Crippen LogP contribution in [0.2, 0.25) is 0 Å². The number of methoxy groups -OCH3 is 1. The summed E-state index contributed by atoms with van der Waals surface area (Å²) < 4.78 is 6.43. The molecule has 0 aromatic heterocycles. The number of benzene rings is 1. The molecule has 0 bridgehead atoms. The zero-order chi connectivity index (χ0) is 14.6. The molecule has 1 atom stereocenters. The highest BCUT2D eigenvalue weighted by Crippen LogP contribution is 2.44. The van der Waals surface area contributed by atoms with Crippen molar-refractivity contribution in [2.75, 3.05) is 24.7 Å². The van der Waals surface area contributed by atoms with Crippen LogP contribution in [0.15, 0.2) is 21.5 Å². The highest BCUT2D eigenvalue weighted by Gasteiger charge is 2.30. The van der Waals surface area contributed by atoms with Crippen molar-refractivity contribution in [2.24, 2.45) is 5.41 Å². The molecule has 1 aliphatic rings. The molecule has 0 spiro atoms. The van der Waals surface area contributed by atoms with Crippen LogP contribution in [0.5, 0.6) is 5.75 Å². The fraction of sp³-hybridized carbons (Fsp3) is 0.625. The number of halogens is 1. The molecule has 0 saturated carbocycles. The maximum absolute atomic E-state index is 5.41. The summed E-state index contributed by atoms with van der Waals surface area (Å²) >= 11 is 5.54. The second kappa shape index (κ2) is 7.08. The van der Waals surface area contributed by atoms with E-state index in [1.165, 1.54) is 42.0 Å². The maximum Gasteiger partial charge on any atom is 0.134 e. The van der Waals surface area contributed by atoms with Gasteiger partial charge in [-0.25, -0.2) is 0 Å². The van der Waals surface area contributed by atoms with Gasteiger partial charge in [-0.1, -0.05) is 26.7 Å². The van der Waals surface area contributed by atoms with Gasteiger partial charge < -0.3 is 10.1 Å². The standard InChI is InChI=1S/C16H24BrNOS/c1-4-6-7-16(5-2)10-18-13-8-12(17)14(19-3)9-15(13)20-11-16/h8-9,18H,4-7,10-11H2,1-3H3. The van der Waals surface area contributed by atoms with E-state index < -0.39 is 0 Å². The molecule has 1 aromatic rings. The number of rotatable bonds is 5. The lowest BCUT2D eigenvalue weighted by Gasteiger charge is -2.31. The minimum absolute atomic E-state index is 0.416. The molecular formula is C16H24BrNOS. The van der Waals surface area contributed by atoms with E-state index in [4.69, 9.17) is 4.74 Å². The van der Waals surface area contributed by atoms with Gasteiger partial charge in [0.05, 0.1) is 11.6 Å². The van der Waals surface area contributed by atoms with Gasteiger partial charge in [-0.2, -0.15) is 0 Å². The molecule has 1 unspecified atom stereocenters. The molecule has 20 heavy (non-hydrogen) atoms. The first-order valence-electron chi connectivity index (χ1n) is 7.38. The third-order valence-corrected chi connectivity index (χ3v) is 6.28. The summed E-state index contributed by atoms with van der Waals surface area (Å²) in [5, 5.41) is 3.66. The average Bonchev–Trinajstić information content (AvgIpc) is 2.64. The van der Waals surface area contributed by atoms with Crippen LogP contribution in [0.1, 0.15) is 39.5 Å². The van der Waals surface area contributed by atoms with E-state index in [9.17, 15) is 0 Å². The van der Waals surface area contributed by atoms with Crippen LogP contribution in [0, 0.1) is 5.41 Å². The zero-order valence-corrected chi connectivity index (χ0v) is 15.0. The second-order valence-corrected chi connectivity index (χ2v) is 7.45. The molecule has 1 aliphatic heterocycles. The van der Waals surface area contributed by atoms with Gasteiger partial charge in [0.15, 0.2) is 0 Å². The molecule has 2 rings (SSSR count). The van der Waals surface area contributed by atoms with E-state index in [-0.39, 0.29) is 0 Å². The van der Waals surface area contributed by atoms with Gasteiger partial charge in [-0.3, -0.25) is 0 Å². The van der Waals surface area contributed by atoms with Gasteiger partial charge >= 0.3 is 0 Å². The fourth-order valence-corrected chi connectivity index (χ4v) is 4.52. The van der Waals surface area contributed by atoms with Crippen LogP contribution < -0.4 is 10.1 Å². The van der Waals surface area contributed by atoms with E-state index in [2.05, 4.69) is 47.2 Å². The smallest absolute Gasteiger partial charge is 0.134 e. The normalized spacial score (nSPS) is 21.8. The first kappa shape index (κ1) is 16.0. The lowest BCUT2D eigenvalue weighted by Crippen LogP contribution is -2.30. The number of unbranched alkanes of at least 4 members (excludes halogenated alkanes) is 1. The SMILES string of the molecule is CCCCC1(CC)CNc2cc(Br)c(OC)cc2SC1. The molecule has 4 heteroatoms. The van der Waals surface area contributed by atoms with Crippen molar-refractivity contribution in [1.82, 2.24) is 0 Å². The largest absolute Gasteiger partial charge is 0.496 e. The van der Waals surface area contributed by atoms with Crippen LogP contribution in [0.4, 0.5) is 5.69 Å². The highest BCUT2D eigenvalue weighted by atomic mass is 79.9. The summed E-state index contributed by atoms with van der Waals surface area (Å²) in [7, 11) is 1.72. The van der Waals surface area contributed by atoms with Crippen molar-refractivity contribution in [1.29, 1.82) is 0 Å². The number of thioether (sulfide) groups is 1. The van der Waals surface area contributed by atoms with Crippen LogP contribution in [-0.2, 0) is 0 Å². The Morgan fingerprint density at radius 1 is 1.40 bits per heavy atom. The number of nitrogens with one attached hydrogen (secondary N) is 1. The molecule has 1 heterocycles. The van der Waals surface area contributed by atoms with E-state index in [1.807, 2.05) is 11.8 Å². The number of anilines is 1. The first-order valence-corrected chi connectivity index (χ1v) is 9.16. The van der Waals surface area contributed by atoms with Crippen molar-refractivity contribution in [3.63, 3.8) is 0 Å². The van der Waals surface area contributed by atoms with Crippen LogP contribution >= 0.6 is 27.7 Å². The number of ether oxygens (including phenoxy) is 1. The summed E-state index contributed by atoms with van der Waals surface area (Å²) in [4.78, 5) is 1.30. The van der Waals surface area contributed by atoms with Crippen molar-refractivity contribution in [3.8, 4) is 5.75 Å². The van der Waals surface area contributed by atoms with Gasteiger partial charge in [0.25, 0.3) is 0 Å². The molecule has 0 saturated heterocycles. The van der Waals surface area contributed by atoms with Gasteiger partial charge in [0.1, 0.15) is 5.75 Å². The third kappa shape index (κ3) is 3.45. The lowest BCUT2D eigenvalue weighted by molar-refractivity contribution is 0.305. The summed E-state index contributed by atoms with van der Waals surface area (Å²) in [6.07, 6.45) is 5.14. The monoisotopic (exact) mass is 357 g/mol. The first-order chi connectivity index (χ1) is 9.64. The molecule has 1 N–H and O–H groups in total. The molecule has 0 radical (unpaired) electrons. The summed E-state index contributed by atoms with van der Waals surface area (Å²) in [5.41, 5.74) is 1.65. The van der Waals surface area contributed by atoms with Crippen molar-refractivity contribution >= 4 is 33.4 Å². The van der Waals surface area contributed by atoms with Crippen LogP contribution in [0.3, 0.4) is 0 Å². The Balaban J connectivity index is 2.21. The molecule has 1 aromatic carbocycles. The minimum Gasteiger partial charge on any atom is -0.496 e. The van der Waals surface area contributed by atoms with Gasteiger partial charge in [-0.15, -0.1) is 11.8 Å². The summed E-state index contributed by atoms with van der Waals surface area (Å²) in [6.45, 7) is 5.67. The molecule has 0 aliphatic carbocycles. The molecule has 0 amide bonds. The Labute approximate surface area is 135 Å². The van der Waals surface area contributed by atoms with E-state index in [0.29, 0.717) is 5.41 Å². The number of hydrogen-bond donors (Lipinski definition) is 1. The van der Waals surface area contributed by atoms with Gasteiger partial charge in [0.2, 0.25) is 0 Å². The van der Waals surface area contributed by atoms with Crippen LogP contribution in [0.25, 0.3) is 0 Å². The Bertz CT molecular complexity index is 466. The van der Waals surface area contributed by atoms with E-state index >= 15 is 0 Å². The number of hydrogen-bond acceptors (Lipinski definition) is 3.